The first-order valence-corrected chi connectivity index (χ1v) is 3.57. The van der Waals surface area contributed by atoms with Gasteiger partial charge < -0.3 is 0 Å². The van der Waals surface area contributed by atoms with Crippen molar-refractivity contribution in [1.82, 2.24) is 0 Å². The third kappa shape index (κ3) is 1.28. The van der Waals surface area contributed by atoms with Crippen LogP contribution in [-0.2, 0) is 0 Å². The van der Waals surface area contributed by atoms with Gasteiger partial charge in [-0.15, -0.1) is 0 Å². The van der Waals surface area contributed by atoms with E-state index >= 15 is 0 Å². The van der Waals surface area contributed by atoms with E-state index in [2.05, 4.69) is 0 Å². The highest BCUT2D eigenvalue weighted by Crippen LogP contribution is 2.30. The van der Waals surface area contributed by atoms with Crippen LogP contribution >= 0.6 is 0 Å². The second-order valence-electron chi connectivity index (χ2n) is 3.18. The molecule has 0 heterocycles. The lowest BCUT2D eigenvalue weighted by molar-refractivity contribution is 0.240. The molecule has 0 N–H and O–H groups in total. The van der Waals surface area contributed by atoms with E-state index in [-0.39, 0.29) is 0 Å². The van der Waals surface area contributed by atoms with Gasteiger partial charge >= 0.3 is 0 Å². The predicted octanol–water partition coefficient (Wildman–Crippen LogP) is 3.01. The molecule has 0 aliphatic heterocycles. The van der Waals surface area contributed by atoms with Gasteiger partial charge in [0.1, 0.15) is 5.67 Å². The fraction of sp³-hybridized carbons (Fsp3) is 0.556. The van der Waals surface area contributed by atoms with Gasteiger partial charge in [0, 0.05) is 6.42 Å². The fourth-order valence-corrected chi connectivity index (χ4v) is 1.06. The number of halogens is 1. The lowest BCUT2D eigenvalue weighted by Gasteiger charge is -2.23. The van der Waals surface area contributed by atoms with Gasteiger partial charge in [-0.3, -0.25) is 0 Å². The summed E-state index contributed by atoms with van der Waals surface area (Å²) in [7, 11) is 0. The maximum atomic E-state index is 13.3. The Morgan fingerprint density at radius 3 is 2.50 bits per heavy atom. The van der Waals surface area contributed by atoms with Crippen LogP contribution in [0.1, 0.15) is 27.2 Å². The van der Waals surface area contributed by atoms with Crippen LogP contribution in [0.3, 0.4) is 0 Å². The molecule has 0 amide bonds. The highest BCUT2D eigenvalue weighted by atomic mass is 19.1. The van der Waals surface area contributed by atoms with Crippen molar-refractivity contribution in [2.75, 3.05) is 0 Å². The van der Waals surface area contributed by atoms with Crippen LogP contribution < -0.4 is 0 Å². The molecule has 1 unspecified atom stereocenters. The minimum atomic E-state index is -1.10. The Labute approximate surface area is 61.4 Å². The molecule has 0 fully saturated rings. The molecule has 0 saturated carbocycles. The molecule has 0 saturated heterocycles. The van der Waals surface area contributed by atoms with Gasteiger partial charge in [0.05, 0.1) is 0 Å². The molecule has 0 spiro atoms. The molecule has 0 bridgehead atoms. The van der Waals surface area contributed by atoms with Crippen molar-refractivity contribution in [1.29, 1.82) is 0 Å². The Hall–Kier alpha value is -0.590. The van der Waals surface area contributed by atoms with E-state index < -0.39 is 5.67 Å². The van der Waals surface area contributed by atoms with Crippen molar-refractivity contribution in [2.45, 2.75) is 32.9 Å². The number of alkyl halides is 1. The second-order valence-corrected chi connectivity index (χ2v) is 3.18. The standard InChI is InChI=1S/C9H13F/c1-7-4-5-9(3,10)8(2)6-7/h4,6H,5H2,1-3H3. The molecule has 0 aromatic carbocycles. The summed E-state index contributed by atoms with van der Waals surface area (Å²) >= 11 is 0. The third-order valence-corrected chi connectivity index (χ3v) is 2.07. The van der Waals surface area contributed by atoms with Crippen molar-refractivity contribution in [3.05, 3.63) is 23.3 Å². The van der Waals surface area contributed by atoms with Crippen molar-refractivity contribution in [2.24, 2.45) is 0 Å². The molecule has 0 aromatic heterocycles. The van der Waals surface area contributed by atoms with Crippen LogP contribution in [0, 0.1) is 0 Å². The van der Waals surface area contributed by atoms with Crippen molar-refractivity contribution in [3.8, 4) is 0 Å². The van der Waals surface area contributed by atoms with Crippen LogP contribution in [0.25, 0.3) is 0 Å². The quantitative estimate of drug-likeness (QED) is 0.485. The van der Waals surface area contributed by atoms with Crippen molar-refractivity contribution >= 4 is 0 Å². The SMILES string of the molecule is CC1=CCC(C)(F)C(C)=C1. The predicted molar refractivity (Wildman–Crippen MR) is 41.6 cm³/mol. The first kappa shape index (κ1) is 7.52. The number of rotatable bonds is 0. The summed E-state index contributed by atoms with van der Waals surface area (Å²) in [5, 5.41) is 0. The van der Waals surface area contributed by atoms with Crippen LogP contribution in [-0.4, -0.2) is 5.67 Å². The van der Waals surface area contributed by atoms with E-state index in [1.165, 1.54) is 5.57 Å². The van der Waals surface area contributed by atoms with Crippen LogP contribution in [0.15, 0.2) is 23.3 Å². The molecule has 1 atom stereocenters. The molecule has 1 rings (SSSR count). The van der Waals surface area contributed by atoms with E-state index in [1.807, 2.05) is 26.0 Å². The maximum Gasteiger partial charge on any atom is 0.132 e. The highest BCUT2D eigenvalue weighted by molar-refractivity contribution is 5.31. The monoisotopic (exact) mass is 140 g/mol. The normalized spacial score (nSPS) is 33.2. The first-order chi connectivity index (χ1) is 4.52. The van der Waals surface area contributed by atoms with Gasteiger partial charge in [0.25, 0.3) is 0 Å². The summed E-state index contributed by atoms with van der Waals surface area (Å²) < 4.78 is 13.3. The molecule has 0 nitrogen and oxygen atoms in total. The summed E-state index contributed by atoms with van der Waals surface area (Å²) in [6.45, 7) is 5.47. The van der Waals surface area contributed by atoms with E-state index in [0.717, 1.165) is 5.57 Å². The zero-order valence-electron chi connectivity index (χ0n) is 6.74. The smallest absolute Gasteiger partial charge is 0.132 e. The van der Waals surface area contributed by atoms with Gasteiger partial charge in [-0.25, -0.2) is 4.39 Å². The lowest BCUT2D eigenvalue weighted by atomic mass is 9.89. The van der Waals surface area contributed by atoms with Gasteiger partial charge in [-0.05, 0) is 26.3 Å². The zero-order valence-corrected chi connectivity index (χ0v) is 6.74. The lowest BCUT2D eigenvalue weighted by Crippen LogP contribution is -2.20. The minimum absolute atomic E-state index is 0.529. The Bertz CT molecular complexity index is 197. The van der Waals surface area contributed by atoms with Gasteiger partial charge in [-0.2, -0.15) is 0 Å². The molecule has 1 aliphatic carbocycles. The fourth-order valence-electron chi connectivity index (χ4n) is 1.06. The Balaban J connectivity index is 2.88. The zero-order chi connectivity index (χ0) is 7.78. The number of hydrogen-bond acceptors (Lipinski definition) is 0. The van der Waals surface area contributed by atoms with Gasteiger partial charge in [0.15, 0.2) is 0 Å². The average molecular weight is 140 g/mol. The summed E-state index contributed by atoms with van der Waals surface area (Å²) in [5.41, 5.74) is 0.916. The molecule has 10 heavy (non-hydrogen) atoms. The van der Waals surface area contributed by atoms with E-state index in [1.54, 1.807) is 6.92 Å². The summed E-state index contributed by atoms with van der Waals surface area (Å²) in [6.07, 6.45) is 4.37. The summed E-state index contributed by atoms with van der Waals surface area (Å²) in [6, 6.07) is 0. The third-order valence-electron chi connectivity index (χ3n) is 2.07. The van der Waals surface area contributed by atoms with Crippen LogP contribution in [0.5, 0.6) is 0 Å². The van der Waals surface area contributed by atoms with Crippen molar-refractivity contribution in [3.63, 3.8) is 0 Å². The molecular formula is C9H13F. The first-order valence-electron chi connectivity index (χ1n) is 3.57. The van der Waals surface area contributed by atoms with Crippen LogP contribution in [0.2, 0.25) is 0 Å². The largest absolute Gasteiger partial charge is 0.239 e. The summed E-state index contributed by atoms with van der Waals surface area (Å²) in [4.78, 5) is 0. The second kappa shape index (κ2) is 2.22. The molecule has 56 valence electrons. The molecule has 1 aliphatic rings. The Kier molecular flexibility index (Phi) is 1.67. The van der Waals surface area contributed by atoms with Gasteiger partial charge in [-0.1, -0.05) is 17.7 Å². The Morgan fingerprint density at radius 1 is 1.50 bits per heavy atom. The molecule has 0 radical (unpaired) electrons. The highest BCUT2D eigenvalue weighted by Gasteiger charge is 2.25. The topological polar surface area (TPSA) is 0 Å². The number of hydrogen-bond donors (Lipinski definition) is 0. The van der Waals surface area contributed by atoms with E-state index in [4.69, 9.17) is 0 Å². The van der Waals surface area contributed by atoms with Crippen LogP contribution in [0.4, 0.5) is 4.39 Å². The van der Waals surface area contributed by atoms with E-state index in [0.29, 0.717) is 6.42 Å². The van der Waals surface area contributed by atoms with E-state index in [9.17, 15) is 4.39 Å². The minimum Gasteiger partial charge on any atom is -0.239 e. The average Bonchev–Trinajstić information content (AvgIpc) is 1.81. The molecular weight excluding hydrogens is 127 g/mol. The molecule has 0 aromatic rings. The van der Waals surface area contributed by atoms with Gasteiger partial charge in [0.2, 0.25) is 0 Å². The number of allylic oxidation sites excluding steroid dienone is 4. The maximum absolute atomic E-state index is 13.3. The summed E-state index contributed by atoms with van der Waals surface area (Å²) in [5.74, 6) is 0. The molecule has 1 heteroatoms. The Morgan fingerprint density at radius 2 is 2.10 bits per heavy atom. The van der Waals surface area contributed by atoms with Crippen molar-refractivity contribution < 1.29 is 4.39 Å².